The van der Waals surface area contributed by atoms with Gasteiger partial charge < -0.3 is 15.2 Å². The fourth-order valence-electron chi connectivity index (χ4n) is 2.72. The number of ether oxygens (including phenoxy) is 1. The van der Waals surface area contributed by atoms with Crippen LogP contribution in [0.1, 0.15) is 23.7 Å². The van der Waals surface area contributed by atoms with Crippen LogP contribution in [-0.4, -0.2) is 53.6 Å². The van der Waals surface area contributed by atoms with Crippen LogP contribution in [0.15, 0.2) is 24.4 Å². The molecule has 4 N–H and O–H groups in total. The average Bonchev–Trinajstić information content (AvgIpc) is 3.11. The van der Waals surface area contributed by atoms with E-state index in [0.29, 0.717) is 17.5 Å². The van der Waals surface area contributed by atoms with Gasteiger partial charge in [-0.3, -0.25) is 14.6 Å². The minimum absolute atomic E-state index is 0.0120. The summed E-state index contributed by atoms with van der Waals surface area (Å²) in [6.45, 7) is 1.47. The summed E-state index contributed by atoms with van der Waals surface area (Å²) in [7, 11) is -3.77. The molecule has 0 spiro atoms. The van der Waals surface area contributed by atoms with Gasteiger partial charge in [-0.05, 0) is 24.6 Å². The van der Waals surface area contributed by atoms with Crippen molar-refractivity contribution in [2.24, 2.45) is 0 Å². The van der Waals surface area contributed by atoms with Crippen molar-refractivity contribution in [2.45, 2.75) is 13.3 Å². The second-order valence-electron chi connectivity index (χ2n) is 6.38. The van der Waals surface area contributed by atoms with Crippen LogP contribution >= 0.6 is 11.6 Å². The third-order valence-corrected chi connectivity index (χ3v) is 5.82. The summed E-state index contributed by atoms with van der Waals surface area (Å²) < 4.78 is 46.2. The zero-order chi connectivity index (χ0) is 22.6. The highest BCUT2D eigenvalue weighted by atomic mass is 35.5. The monoisotopic (exact) mass is 471 g/mol. The number of pyridine rings is 1. The number of carbonyl (C=O) groups excluding carboxylic acids is 1. The van der Waals surface area contributed by atoms with Crippen LogP contribution < -0.4 is 14.8 Å². The lowest BCUT2D eigenvalue weighted by Crippen LogP contribution is -2.20. The maximum atomic E-state index is 14.9. The molecule has 3 aromatic rings. The number of aromatic amines is 1. The van der Waals surface area contributed by atoms with Gasteiger partial charge in [0.2, 0.25) is 15.9 Å². The van der Waals surface area contributed by atoms with Crippen molar-refractivity contribution in [3.05, 3.63) is 40.8 Å². The summed E-state index contributed by atoms with van der Waals surface area (Å²) in [5.74, 6) is -2.03. The Labute approximate surface area is 181 Å². The predicted octanol–water partition coefficient (Wildman–Crippen LogP) is 2.53. The topological polar surface area (TPSA) is 146 Å². The number of hydrogen-bond donors (Lipinski definition) is 4. The SMILES string of the molecule is CCCS(=O)(=O)Nc1ccc(Cl)c(C(=O)Nc2cnc3[nH]nc(OCCO)c3c2)c1F. The molecule has 0 fully saturated rings. The number of rotatable bonds is 9. The van der Waals surface area contributed by atoms with Crippen LogP contribution in [0.4, 0.5) is 15.8 Å². The van der Waals surface area contributed by atoms with Gasteiger partial charge in [-0.15, -0.1) is 5.10 Å². The molecule has 10 nitrogen and oxygen atoms in total. The van der Waals surface area contributed by atoms with Gasteiger partial charge in [-0.25, -0.2) is 17.8 Å². The van der Waals surface area contributed by atoms with Crippen molar-refractivity contribution < 1.29 is 27.4 Å². The van der Waals surface area contributed by atoms with Gasteiger partial charge in [0.1, 0.15) is 6.61 Å². The Morgan fingerprint density at radius 3 is 2.87 bits per heavy atom. The molecular weight excluding hydrogens is 453 g/mol. The first-order valence-corrected chi connectivity index (χ1v) is 11.2. The van der Waals surface area contributed by atoms with E-state index in [2.05, 4.69) is 25.2 Å². The fraction of sp³-hybridized carbons (Fsp3) is 0.278. The van der Waals surface area contributed by atoms with Gasteiger partial charge in [0, 0.05) is 0 Å². The van der Waals surface area contributed by atoms with E-state index in [-0.39, 0.29) is 41.2 Å². The minimum atomic E-state index is -3.77. The lowest BCUT2D eigenvalue weighted by Gasteiger charge is -2.13. The first kappa shape index (κ1) is 22.7. The highest BCUT2D eigenvalue weighted by molar-refractivity contribution is 7.92. The molecule has 0 saturated carbocycles. The number of nitrogens with zero attached hydrogens (tertiary/aromatic N) is 2. The number of aliphatic hydroxyl groups is 1. The van der Waals surface area contributed by atoms with Gasteiger partial charge in [-0.1, -0.05) is 18.5 Å². The number of hydrogen-bond acceptors (Lipinski definition) is 7. The van der Waals surface area contributed by atoms with Gasteiger partial charge in [0.25, 0.3) is 5.91 Å². The number of carbonyl (C=O) groups is 1. The number of fused-ring (bicyclic) bond motifs is 1. The Hall–Kier alpha value is -2.96. The van der Waals surface area contributed by atoms with E-state index in [0.717, 1.165) is 6.07 Å². The van der Waals surface area contributed by atoms with Gasteiger partial charge in [-0.2, -0.15) is 0 Å². The van der Waals surface area contributed by atoms with Gasteiger partial charge >= 0.3 is 0 Å². The Morgan fingerprint density at radius 2 is 2.16 bits per heavy atom. The van der Waals surface area contributed by atoms with E-state index in [1.165, 1.54) is 18.3 Å². The molecule has 13 heteroatoms. The second kappa shape index (κ2) is 9.45. The van der Waals surface area contributed by atoms with Crippen LogP contribution in [0.2, 0.25) is 5.02 Å². The van der Waals surface area contributed by atoms with Crippen LogP contribution in [0.25, 0.3) is 11.0 Å². The van der Waals surface area contributed by atoms with Crippen molar-refractivity contribution >= 4 is 49.9 Å². The third kappa shape index (κ3) is 5.21. The number of benzene rings is 1. The molecular formula is C18H19ClFN5O5S. The number of sulfonamides is 1. The molecule has 0 saturated heterocycles. The maximum Gasteiger partial charge on any atom is 0.260 e. The maximum absolute atomic E-state index is 14.9. The van der Waals surface area contributed by atoms with E-state index >= 15 is 0 Å². The molecule has 0 radical (unpaired) electrons. The summed E-state index contributed by atoms with van der Waals surface area (Å²) in [6, 6.07) is 3.86. The van der Waals surface area contributed by atoms with Crippen LogP contribution in [0, 0.1) is 5.82 Å². The van der Waals surface area contributed by atoms with Crippen LogP contribution in [-0.2, 0) is 10.0 Å². The molecule has 166 valence electrons. The Bertz CT molecular complexity index is 1220. The molecule has 0 aliphatic carbocycles. The summed E-state index contributed by atoms with van der Waals surface area (Å²) in [4.78, 5) is 16.8. The molecule has 0 atom stereocenters. The van der Waals surface area contributed by atoms with Gasteiger partial charge in [0.15, 0.2) is 11.5 Å². The largest absolute Gasteiger partial charge is 0.474 e. The standard InChI is InChI=1S/C18H19ClFN5O5S/c1-2-7-31(28,29)25-13-4-3-12(19)14(15(13)20)17(27)22-10-8-11-16(21-9-10)23-24-18(11)30-6-5-26/h3-4,8-9,25-26H,2,5-7H2,1H3,(H,22,27)(H,21,23,24). The highest BCUT2D eigenvalue weighted by Crippen LogP contribution is 2.29. The quantitative estimate of drug-likeness (QED) is 0.375. The molecule has 0 unspecified atom stereocenters. The van der Waals surface area contributed by atoms with Crippen molar-refractivity contribution in [2.75, 3.05) is 29.0 Å². The number of nitrogens with one attached hydrogen (secondary N) is 3. The zero-order valence-corrected chi connectivity index (χ0v) is 17.8. The molecule has 3 rings (SSSR count). The summed E-state index contributed by atoms with van der Waals surface area (Å²) in [6.07, 6.45) is 1.65. The third-order valence-electron chi connectivity index (χ3n) is 4.03. The Morgan fingerprint density at radius 1 is 1.39 bits per heavy atom. The number of halogens is 2. The van der Waals surface area contributed by atoms with Gasteiger partial charge in [0.05, 0.1) is 45.9 Å². The first-order chi connectivity index (χ1) is 14.8. The fourth-order valence-corrected chi connectivity index (χ4v) is 4.09. The smallest absolute Gasteiger partial charge is 0.260 e. The lowest BCUT2D eigenvalue weighted by molar-refractivity contribution is 0.102. The Kier molecular flexibility index (Phi) is 6.93. The number of aliphatic hydroxyl groups excluding tert-OH is 1. The number of H-pyrrole nitrogens is 1. The van der Waals surface area contributed by atoms with E-state index in [1.807, 2.05) is 0 Å². The predicted molar refractivity (Wildman–Crippen MR) is 114 cm³/mol. The molecule has 31 heavy (non-hydrogen) atoms. The molecule has 0 aliphatic heterocycles. The number of aromatic nitrogens is 3. The van der Waals surface area contributed by atoms with Crippen molar-refractivity contribution in [3.63, 3.8) is 0 Å². The average molecular weight is 472 g/mol. The molecule has 0 bridgehead atoms. The van der Waals surface area contributed by atoms with Crippen LogP contribution in [0.3, 0.4) is 0 Å². The number of anilines is 2. The molecule has 1 amide bonds. The Balaban J connectivity index is 1.88. The zero-order valence-electron chi connectivity index (χ0n) is 16.3. The van der Waals surface area contributed by atoms with E-state index in [1.54, 1.807) is 6.92 Å². The van der Waals surface area contributed by atoms with Crippen molar-refractivity contribution in [3.8, 4) is 5.88 Å². The summed E-state index contributed by atoms with van der Waals surface area (Å²) in [5.41, 5.74) is -0.337. The second-order valence-corrected chi connectivity index (χ2v) is 8.63. The summed E-state index contributed by atoms with van der Waals surface area (Å²) >= 11 is 6.00. The molecule has 2 heterocycles. The van der Waals surface area contributed by atoms with Crippen LogP contribution in [0.5, 0.6) is 5.88 Å². The van der Waals surface area contributed by atoms with Crippen molar-refractivity contribution in [1.82, 2.24) is 15.2 Å². The molecule has 1 aromatic carbocycles. The van der Waals surface area contributed by atoms with E-state index in [9.17, 15) is 17.6 Å². The molecule has 0 aliphatic rings. The highest BCUT2D eigenvalue weighted by Gasteiger charge is 2.22. The first-order valence-electron chi connectivity index (χ1n) is 9.13. The van der Waals surface area contributed by atoms with E-state index < -0.39 is 27.3 Å². The lowest BCUT2D eigenvalue weighted by atomic mass is 10.1. The normalized spacial score (nSPS) is 11.5. The van der Waals surface area contributed by atoms with E-state index in [4.69, 9.17) is 21.4 Å². The van der Waals surface area contributed by atoms with Crippen molar-refractivity contribution in [1.29, 1.82) is 0 Å². The minimum Gasteiger partial charge on any atom is -0.474 e. The summed E-state index contributed by atoms with van der Waals surface area (Å²) in [5, 5.41) is 18.1. The molecule has 2 aromatic heterocycles. The number of amides is 1.